The molecule has 72 valence electrons. The third-order valence-corrected chi connectivity index (χ3v) is 3.39. The van der Waals surface area contributed by atoms with Crippen molar-refractivity contribution in [1.82, 2.24) is 4.98 Å². The predicted molar refractivity (Wildman–Crippen MR) is 55.7 cm³/mol. The average molecular weight is 196 g/mol. The van der Waals surface area contributed by atoms with Gasteiger partial charge >= 0.3 is 0 Å². The molecule has 1 atom stereocenters. The van der Waals surface area contributed by atoms with E-state index in [0.717, 1.165) is 23.0 Å². The number of aromatic nitrogens is 1. The van der Waals surface area contributed by atoms with Crippen LogP contribution in [0.3, 0.4) is 0 Å². The molecule has 0 radical (unpaired) electrons. The van der Waals surface area contributed by atoms with Crippen LogP contribution in [0.25, 0.3) is 0 Å². The van der Waals surface area contributed by atoms with Crippen LogP contribution in [0.2, 0.25) is 0 Å². The van der Waals surface area contributed by atoms with Crippen LogP contribution < -0.4 is 5.73 Å². The second-order valence-corrected chi connectivity index (χ2v) is 4.98. The Hall–Kier alpha value is -0.410. The largest absolute Gasteiger partial charge is 0.323 e. The highest BCUT2D eigenvalue weighted by molar-refractivity contribution is 7.09. The van der Waals surface area contributed by atoms with Crippen molar-refractivity contribution in [2.75, 3.05) is 0 Å². The fraction of sp³-hybridized carbons (Fsp3) is 0.700. The van der Waals surface area contributed by atoms with Gasteiger partial charge in [0.05, 0.1) is 10.7 Å². The summed E-state index contributed by atoms with van der Waals surface area (Å²) in [7, 11) is 0. The third-order valence-electron chi connectivity index (χ3n) is 2.60. The topological polar surface area (TPSA) is 38.9 Å². The van der Waals surface area contributed by atoms with E-state index >= 15 is 0 Å². The van der Waals surface area contributed by atoms with E-state index in [2.05, 4.69) is 10.4 Å². The molecule has 1 fully saturated rings. The minimum atomic E-state index is 0.172. The maximum atomic E-state index is 6.03. The molecule has 1 heterocycles. The SMILES string of the molecule is Cc1nc(C(N)CCC2CC2)cs1. The lowest BCUT2D eigenvalue weighted by Crippen LogP contribution is -2.10. The first kappa shape index (κ1) is 9.16. The van der Waals surface area contributed by atoms with Gasteiger partial charge in [0.1, 0.15) is 0 Å². The summed E-state index contributed by atoms with van der Waals surface area (Å²) >= 11 is 1.69. The first-order valence-electron chi connectivity index (χ1n) is 4.93. The van der Waals surface area contributed by atoms with Crippen molar-refractivity contribution in [3.05, 3.63) is 16.1 Å². The number of nitrogens with zero attached hydrogens (tertiary/aromatic N) is 1. The molecule has 0 bridgehead atoms. The highest BCUT2D eigenvalue weighted by Crippen LogP contribution is 2.35. The molecule has 1 saturated carbocycles. The fourth-order valence-electron chi connectivity index (χ4n) is 1.52. The lowest BCUT2D eigenvalue weighted by Gasteiger charge is -2.07. The van der Waals surface area contributed by atoms with E-state index in [1.165, 1.54) is 19.3 Å². The Balaban J connectivity index is 1.84. The van der Waals surface area contributed by atoms with Crippen LogP contribution >= 0.6 is 11.3 Å². The molecule has 13 heavy (non-hydrogen) atoms. The van der Waals surface area contributed by atoms with Crippen LogP contribution in [-0.2, 0) is 0 Å². The molecule has 0 amide bonds. The third kappa shape index (κ3) is 2.51. The van der Waals surface area contributed by atoms with E-state index in [-0.39, 0.29) is 6.04 Å². The molecule has 0 aliphatic heterocycles. The quantitative estimate of drug-likeness (QED) is 0.804. The summed E-state index contributed by atoms with van der Waals surface area (Å²) in [6.07, 6.45) is 5.23. The summed E-state index contributed by atoms with van der Waals surface area (Å²) in [6.45, 7) is 2.03. The van der Waals surface area contributed by atoms with Crippen LogP contribution in [0.1, 0.15) is 42.4 Å². The van der Waals surface area contributed by atoms with E-state index in [9.17, 15) is 0 Å². The van der Waals surface area contributed by atoms with Gasteiger partial charge in [0.25, 0.3) is 0 Å². The molecule has 1 unspecified atom stereocenters. The van der Waals surface area contributed by atoms with Gasteiger partial charge in [0.2, 0.25) is 0 Å². The molecular weight excluding hydrogens is 180 g/mol. The number of aryl methyl sites for hydroxylation is 1. The minimum absolute atomic E-state index is 0.172. The summed E-state index contributed by atoms with van der Waals surface area (Å²) < 4.78 is 0. The van der Waals surface area contributed by atoms with Crippen molar-refractivity contribution < 1.29 is 0 Å². The van der Waals surface area contributed by atoms with Crippen LogP contribution in [0.15, 0.2) is 5.38 Å². The second kappa shape index (κ2) is 3.76. The van der Waals surface area contributed by atoms with Crippen LogP contribution in [0.4, 0.5) is 0 Å². The molecule has 2 nitrogen and oxygen atoms in total. The molecule has 1 aliphatic carbocycles. The van der Waals surface area contributed by atoms with Crippen LogP contribution in [0, 0.1) is 12.8 Å². The Kier molecular flexibility index (Phi) is 2.65. The molecule has 3 heteroatoms. The van der Waals surface area contributed by atoms with Gasteiger partial charge in [0.15, 0.2) is 0 Å². The molecule has 2 N–H and O–H groups in total. The maximum absolute atomic E-state index is 6.03. The van der Waals surface area contributed by atoms with Crippen molar-refractivity contribution in [2.45, 2.75) is 38.6 Å². The first-order valence-corrected chi connectivity index (χ1v) is 5.81. The van der Waals surface area contributed by atoms with Gasteiger partial charge in [-0.05, 0) is 25.7 Å². The van der Waals surface area contributed by atoms with Gasteiger partial charge in [0, 0.05) is 11.4 Å². The van der Waals surface area contributed by atoms with Crippen LogP contribution in [-0.4, -0.2) is 4.98 Å². The second-order valence-electron chi connectivity index (χ2n) is 3.92. The van der Waals surface area contributed by atoms with Gasteiger partial charge in [-0.2, -0.15) is 0 Å². The molecule has 0 spiro atoms. The Bertz CT molecular complexity index is 278. The maximum Gasteiger partial charge on any atom is 0.0898 e. The van der Waals surface area contributed by atoms with Gasteiger partial charge < -0.3 is 5.73 Å². The van der Waals surface area contributed by atoms with Gasteiger partial charge in [-0.25, -0.2) is 4.98 Å². The smallest absolute Gasteiger partial charge is 0.0898 e. The lowest BCUT2D eigenvalue weighted by molar-refractivity contribution is 0.566. The number of nitrogens with two attached hydrogens (primary N) is 1. The fourth-order valence-corrected chi connectivity index (χ4v) is 2.20. The molecule has 2 rings (SSSR count). The first-order chi connectivity index (χ1) is 6.25. The molecule has 0 saturated heterocycles. The lowest BCUT2D eigenvalue weighted by atomic mass is 10.1. The number of rotatable bonds is 4. The zero-order valence-electron chi connectivity index (χ0n) is 7.99. The monoisotopic (exact) mass is 196 g/mol. The summed E-state index contributed by atoms with van der Waals surface area (Å²) in [6, 6.07) is 0.172. The van der Waals surface area contributed by atoms with Crippen molar-refractivity contribution >= 4 is 11.3 Å². The Morgan fingerprint density at radius 3 is 3.00 bits per heavy atom. The molecule has 1 aromatic rings. The normalized spacial score (nSPS) is 18.9. The zero-order valence-corrected chi connectivity index (χ0v) is 8.81. The number of thiazole rings is 1. The van der Waals surface area contributed by atoms with E-state index < -0.39 is 0 Å². The van der Waals surface area contributed by atoms with E-state index in [0.29, 0.717) is 0 Å². The van der Waals surface area contributed by atoms with Crippen molar-refractivity contribution in [2.24, 2.45) is 11.7 Å². The Labute approximate surface area is 83.2 Å². The number of hydrogen-bond donors (Lipinski definition) is 1. The standard InChI is InChI=1S/C10H16N2S/c1-7-12-10(6-13-7)9(11)5-4-8-2-3-8/h6,8-9H,2-5,11H2,1H3. The van der Waals surface area contributed by atoms with Crippen molar-refractivity contribution in [1.29, 1.82) is 0 Å². The van der Waals surface area contributed by atoms with Crippen LogP contribution in [0.5, 0.6) is 0 Å². The summed E-state index contributed by atoms with van der Waals surface area (Å²) in [5.74, 6) is 0.978. The average Bonchev–Trinajstić information content (AvgIpc) is 2.84. The minimum Gasteiger partial charge on any atom is -0.323 e. The Morgan fingerprint density at radius 1 is 1.69 bits per heavy atom. The van der Waals surface area contributed by atoms with Crippen molar-refractivity contribution in [3.8, 4) is 0 Å². The van der Waals surface area contributed by atoms with E-state index in [1.54, 1.807) is 11.3 Å². The molecule has 0 aromatic carbocycles. The molecule has 1 aliphatic rings. The number of hydrogen-bond acceptors (Lipinski definition) is 3. The van der Waals surface area contributed by atoms with Crippen molar-refractivity contribution in [3.63, 3.8) is 0 Å². The van der Waals surface area contributed by atoms with Gasteiger partial charge in [-0.3, -0.25) is 0 Å². The predicted octanol–water partition coefficient (Wildman–Crippen LogP) is 2.64. The Morgan fingerprint density at radius 2 is 2.46 bits per heavy atom. The summed E-state index contributed by atoms with van der Waals surface area (Å²) in [5, 5.41) is 3.21. The zero-order chi connectivity index (χ0) is 9.26. The van der Waals surface area contributed by atoms with Gasteiger partial charge in [-0.15, -0.1) is 11.3 Å². The molecular formula is C10H16N2S. The highest BCUT2D eigenvalue weighted by Gasteiger charge is 2.22. The van der Waals surface area contributed by atoms with E-state index in [1.807, 2.05) is 6.92 Å². The van der Waals surface area contributed by atoms with Gasteiger partial charge in [-0.1, -0.05) is 12.8 Å². The summed E-state index contributed by atoms with van der Waals surface area (Å²) in [5.41, 5.74) is 7.11. The highest BCUT2D eigenvalue weighted by atomic mass is 32.1. The van der Waals surface area contributed by atoms with E-state index in [4.69, 9.17) is 5.73 Å². The molecule has 1 aromatic heterocycles. The summed E-state index contributed by atoms with van der Waals surface area (Å²) in [4.78, 5) is 4.40.